The zero-order valence-electron chi connectivity index (χ0n) is 13.8. The number of anilines is 1. The van der Waals surface area contributed by atoms with Gasteiger partial charge < -0.3 is 10.1 Å². The van der Waals surface area contributed by atoms with Gasteiger partial charge in [-0.3, -0.25) is 14.7 Å². The van der Waals surface area contributed by atoms with E-state index in [-0.39, 0.29) is 11.9 Å². The highest BCUT2D eigenvalue weighted by Crippen LogP contribution is 2.24. The summed E-state index contributed by atoms with van der Waals surface area (Å²) in [5.74, 6) is 0.463. The van der Waals surface area contributed by atoms with Crippen molar-refractivity contribution in [1.29, 1.82) is 0 Å². The minimum Gasteiger partial charge on any atom is -0.378 e. The van der Waals surface area contributed by atoms with Gasteiger partial charge in [-0.25, -0.2) is 4.98 Å². The molecule has 1 aliphatic heterocycles. The minimum absolute atomic E-state index is 0.0447. The van der Waals surface area contributed by atoms with E-state index < -0.39 is 0 Å². The van der Waals surface area contributed by atoms with Gasteiger partial charge in [-0.2, -0.15) is 0 Å². The van der Waals surface area contributed by atoms with Gasteiger partial charge in [0.15, 0.2) is 0 Å². The lowest BCUT2D eigenvalue weighted by Gasteiger charge is -2.23. The number of nitrogens with zero attached hydrogens (tertiary/aromatic N) is 2. The van der Waals surface area contributed by atoms with Crippen LogP contribution in [-0.4, -0.2) is 41.3 Å². The van der Waals surface area contributed by atoms with E-state index in [9.17, 15) is 4.79 Å². The first-order chi connectivity index (χ1) is 12.3. The fraction of sp³-hybridized carbons (Fsp3) is 0.263. The van der Waals surface area contributed by atoms with Gasteiger partial charge in [0.1, 0.15) is 0 Å². The fourth-order valence-corrected chi connectivity index (χ4v) is 3.10. The number of ether oxygens (including phenoxy) is 1. The molecule has 2 aromatic carbocycles. The molecular formula is C19H20N4O2. The van der Waals surface area contributed by atoms with Gasteiger partial charge in [0.25, 0.3) is 0 Å². The van der Waals surface area contributed by atoms with E-state index in [1.807, 2.05) is 59.2 Å². The Bertz CT molecular complexity index is 870. The molecular weight excluding hydrogens is 316 g/mol. The average molecular weight is 336 g/mol. The maximum absolute atomic E-state index is 12.5. The summed E-state index contributed by atoms with van der Waals surface area (Å²) in [6.45, 7) is 2.03. The van der Waals surface area contributed by atoms with E-state index in [4.69, 9.17) is 4.74 Å². The molecule has 1 aromatic heterocycles. The second-order valence-electron chi connectivity index (χ2n) is 6.07. The molecule has 1 amide bonds. The Morgan fingerprint density at radius 1 is 1.20 bits per heavy atom. The van der Waals surface area contributed by atoms with Crippen LogP contribution in [-0.2, 0) is 9.53 Å². The standard InChI is InChI=1S/C19H20N4O2/c24-18(12-14-13-25-11-10-20-14)22-19-21-16-8-4-5-9-17(16)23(19)15-6-2-1-3-7-15/h1-9,14,20H,10-13H2,(H,21,22,24). The zero-order valence-corrected chi connectivity index (χ0v) is 13.8. The molecule has 6 nitrogen and oxygen atoms in total. The number of nitrogens with one attached hydrogen (secondary N) is 2. The number of carbonyl (C=O) groups excluding carboxylic acids is 1. The van der Waals surface area contributed by atoms with Gasteiger partial charge in [-0.15, -0.1) is 0 Å². The topological polar surface area (TPSA) is 68.2 Å². The lowest BCUT2D eigenvalue weighted by molar-refractivity contribution is -0.117. The summed E-state index contributed by atoms with van der Waals surface area (Å²) < 4.78 is 7.38. The molecule has 0 radical (unpaired) electrons. The van der Waals surface area contributed by atoms with Crippen LogP contribution in [0.5, 0.6) is 0 Å². The highest BCUT2D eigenvalue weighted by molar-refractivity contribution is 5.92. The van der Waals surface area contributed by atoms with Crippen molar-refractivity contribution in [3.63, 3.8) is 0 Å². The highest BCUT2D eigenvalue weighted by atomic mass is 16.5. The van der Waals surface area contributed by atoms with Crippen LogP contribution < -0.4 is 10.6 Å². The van der Waals surface area contributed by atoms with Gasteiger partial charge in [0.05, 0.1) is 24.2 Å². The van der Waals surface area contributed by atoms with Crippen molar-refractivity contribution in [3.8, 4) is 5.69 Å². The number of rotatable bonds is 4. The Kier molecular flexibility index (Phi) is 4.45. The van der Waals surface area contributed by atoms with Crippen LogP contribution in [0.3, 0.4) is 0 Å². The maximum atomic E-state index is 12.5. The fourth-order valence-electron chi connectivity index (χ4n) is 3.10. The predicted octanol–water partition coefficient (Wildman–Crippen LogP) is 2.34. The van der Waals surface area contributed by atoms with Gasteiger partial charge in [0, 0.05) is 24.7 Å². The number of fused-ring (bicyclic) bond motifs is 1. The summed E-state index contributed by atoms with van der Waals surface area (Å²) in [7, 11) is 0. The van der Waals surface area contributed by atoms with Crippen LogP contribution in [0.25, 0.3) is 16.7 Å². The van der Waals surface area contributed by atoms with Crippen molar-refractivity contribution in [2.45, 2.75) is 12.5 Å². The highest BCUT2D eigenvalue weighted by Gasteiger charge is 2.19. The third-order valence-corrected chi connectivity index (χ3v) is 4.26. The summed E-state index contributed by atoms with van der Waals surface area (Å²) >= 11 is 0. The molecule has 128 valence electrons. The molecule has 0 bridgehead atoms. The van der Waals surface area contributed by atoms with Crippen LogP contribution >= 0.6 is 0 Å². The molecule has 1 unspecified atom stereocenters. The quantitative estimate of drug-likeness (QED) is 0.767. The Morgan fingerprint density at radius 3 is 2.80 bits per heavy atom. The number of benzene rings is 2. The molecule has 4 rings (SSSR count). The molecule has 1 aliphatic rings. The number of imidazole rings is 1. The molecule has 1 atom stereocenters. The van der Waals surface area contributed by atoms with Crippen molar-refractivity contribution in [2.24, 2.45) is 0 Å². The smallest absolute Gasteiger partial charge is 0.228 e. The molecule has 6 heteroatoms. The Balaban J connectivity index is 1.63. The van der Waals surface area contributed by atoms with Crippen LogP contribution in [0, 0.1) is 0 Å². The molecule has 2 heterocycles. The lowest BCUT2D eigenvalue weighted by atomic mass is 10.2. The maximum Gasteiger partial charge on any atom is 0.228 e. The molecule has 2 N–H and O–H groups in total. The van der Waals surface area contributed by atoms with Crippen LogP contribution in [0.15, 0.2) is 54.6 Å². The largest absolute Gasteiger partial charge is 0.378 e. The molecule has 0 aliphatic carbocycles. The van der Waals surface area contributed by atoms with Crippen LogP contribution in [0.4, 0.5) is 5.95 Å². The molecule has 1 saturated heterocycles. The predicted molar refractivity (Wildman–Crippen MR) is 96.9 cm³/mol. The number of amides is 1. The number of morpholine rings is 1. The number of aromatic nitrogens is 2. The number of para-hydroxylation sites is 3. The Labute approximate surface area is 145 Å². The minimum atomic E-state index is -0.0736. The first kappa shape index (κ1) is 15.8. The third-order valence-electron chi connectivity index (χ3n) is 4.26. The molecule has 25 heavy (non-hydrogen) atoms. The van der Waals surface area contributed by atoms with E-state index in [0.29, 0.717) is 25.6 Å². The van der Waals surface area contributed by atoms with E-state index >= 15 is 0 Å². The molecule has 0 spiro atoms. The molecule has 1 fully saturated rings. The molecule has 0 saturated carbocycles. The third kappa shape index (κ3) is 3.40. The molecule has 3 aromatic rings. The van der Waals surface area contributed by atoms with Crippen LogP contribution in [0.1, 0.15) is 6.42 Å². The van der Waals surface area contributed by atoms with Crippen molar-refractivity contribution >= 4 is 22.9 Å². The van der Waals surface area contributed by atoms with Crippen molar-refractivity contribution in [2.75, 3.05) is 25.1 Å². The lowest BCUT2D eigenvalue weighted by Crippen LogP contribution is -2.43. The summed E-state index contributed by atoms with van der Waals surface area (Å²) in [5.41, 5.74) is 2.77. The second-order valence-corrected chi connectivity index (χ2v) is 6.07. The Morgan fingerprint density at radius 2 is 2.00 bits per heavy atom. The van der Waals surface area contributed by atoms with Gasteiger partial charge in [-0.1, -0.05) is 30.3 Å². The van der Waals surface area contributed by atoms with E-state index in [2.05, 4.69) is 15.6 Å². The van der Waals surface area contributed by atoms with E-state index in [1.54, 1.807) is 0 Å². The summed E-state index contributed by atoms with van der Waals surface area (Å²) in [4.78, 5) is 17.1. The Hall–Kier alpha value is -2.70. The monoisotopic (exact) mass is 336 g/mol. The van der Waals surface area contributed by atoms with Crippen molar-refractivity contribution < 1.29 is 9.53 Å². The first-order valence-corrected chi connectivity index (χ1v) is 8.45. The van der Waals surface area contributed by atoms with E-state index in [0.717, 1.165) is 23.3 Å². The zero-order chi connectivity index (χ0) is 17.1. The van der Waals surface area contributed by atoms with Gasteiger partial charge in [-0.05, 0) is 24.3 Å². The summed E-state index contributed by atoms with van der Waals surface area (Å²) in [6, 6.07) is 17.8. The first-order valence-electron chi connectivity index (χ1n) is 8.45. The van der Waals surface area contributed by atoms with Gasteiger partial charge >= 0.3 is 0 Å². The van der Waals surface area contributed by atoms with Crippen LogP contribution in [0.2, 0.25) is 0 Å². The van der Waals surface area contributed by atoms with Crippen molar-refractivity contribution in [1.82, 2.24) is 14.9 Å². The normalized spacial score (nSPS) is 17.5. The average Bonchev–Trinajstić information content (AvgIpc) is 3.01. The number of carbonyl (C=O) groups is 1. The van der Waals surface area contributed by atoms with Crippen molar-refractivity contribution in [3.05, 3.63) is 54.6 Å². The summed E-state index contributed by atoms with van der Waals surface area (Å²) in [6.07, 6.45) is 0.359. The van der Waals surface area contributed by atoms with E-state index in [1.165, 1.54) is 0 Å². The van der Waals surface area contributed by atoms with Gasteiger partial charge in [0.2, 0.25) is 11.9 Å². The second kappa shape index (κ2) is 7.04. The SMILES string of the molecule is O=C(CC1COCCN1)Nc1nc2ccccc2n1-c1ccccc1. The number of hydrogen-bond acceptors (Lipinski definition) is 4. The number of hydrogen-bond donors (Lipinski definition) is 2. The summed E-state index contributed by atoms with van der Waals surface area (Å²) in [5, 5.41) is 6.26.